The van der Waals surface area contributed by atoms with Gasteiger partial charge in [0.1, 0.15) is 5.75 Å². The average molecular weight is 452 g/mol. The Labute approximate surface area is 180 Å². The van der Waals surface area contributed by atoms with Crippen molar-refractivity contribution in [3.63, 3.8) is 0 Å². The molecule has 2 aromatic rings. The lowest BCUT2D eigenvalue weighted by molar-refractivity contribution is 0.0533. The minimum Gasteiger partial charge on any atom is -0.507 e. The van der Waals surface area contributed by atoms with E-state index in [9.17, 15) is 23.1 Å². The molecule has 1 aliphatic rings. The molecule has 0 spiro atoms. The highest BCUT2D eigenvalue weighted by molar-refractivity contribution is 7.89. The zero-order chi connectivity index (χ0) is 22.1. The van der Waals surface area contributed by atoms with Gasteiger partial charge in [-0.1, -0.05) is 23.7 Å². The number of hydrogen-bond donors (Lipinski definition) is 1. The SMILES string of the molecule is CN(C)S(=O)(=O)c1ccc(Cl)c(C(=O)N2CCN(C(=O)c3ccccc3O)CC2)c1. The van der Waals surface area contributed by atoms with Crippen molar-refractivity contribution in [1.82, 2.24) is 14.1 Å². The van der Waals surface area contributed by atoms with E-state index in [2.05, 4.69) is 0 Å². The maximum Gasteiger partial charge on any atom is 0.257 e. The van der Waals surface area contributed by atoms with Gasteiger partial charge in [0.05, 0.1) is 21.0 Å². The second kappa shape index (κ2) is 8.63. The molecular weight excluding hydrogens is 430 g/mol. The summed E-state index contributed by atoms with van der Waals surface area (Å²) < 4.78 is 25.8. The summed E-state index contributed by atoms with van der Waals surface area (Å²) in [5.41, 5.74) is 0.307. The molecule has 0 aromatic heterocycles. The van der Waals surface area contributed by atoms with Gasteiger partial charge in [-0.15, -0.1) is 0 Å². The molecule has 2 amide bonds. The van der Waals surface area contributed by atoms with E-state index in [1.807, 2.05) is 0 Å². The molecule has 160 valence electrons. The van der Waals surface area contributed by atoms with Gasteiger partial charge in [-0.3, -0.25) is 9.59 Å². The van der Waals surface area contributed by atoms with Crippen LogP contribution >= 0.6 is 11.6 Å². The first kappa shape index (κ1) is 22.1. The van der Waals surface area contributed by atoms with Crippen LogP contribution < -0.4 is 0 Å². The summed E-state index contributed by atoms with van der Waals surface area (Å²) in [6, 6.07) is 10.3. The zero-order valence-corrected chi connectivity index (χ0v) is 18.2. The molecule has 1 N–H and O–H groups in total. The van der Waals surface area contributed by atoms with E-state index < -0.39 is 15.9 Å². The number of nitrogens with zero attached hydrogens (tertiary/aromatic N) is 3. The third kappa shape index (κ3) is 4.28. The fourth-order valence-electron chi connectivity index (χ4n) is 3.15. The summed E-state index contributed by atoms with van der Waals surface area (Å²) in [6.45, 7) is 1.09. The highest BCUT2D eigenvalue weighted by atomic mass is 35.5. The first-order chi connectivity index (χ1) is 14.1. The van der Waals surface area contributed by atoms with E-state index in [1.54, 1.807) is 23.1 Å². The Balaban J connectivity index is 1.74. The maximum atomic E-state index is 13.0. The molecule has 8 nitrogen and oxygen atoms in total. The summed E-state index contributed by atoms with van der Waals surface area (Å²) in [5.74, 6) is -0.797. The topological polar surface area (TPSA) is 98.2 Å². The molecule has 1 fully saturated rings. The highest BCUT2D eigenvalue weighted by Crippen LogP contribution is 2.24. The van der Waals surface area contributed by atoms with Crippen molar-refractivity contribution < 1.29 is 23.1 Å². The van der Waals surface area contributed by atoms with Gasteiger partial charge in [-0.25, -0.2) is 12.7 Å². The number of carbonyl (C=O) groups excluding carboxylic acids is 2. The van der Waals surface area contributed by atoms with Crippen LogP contribution in [0.5, 0.6) is 5.75 Å². The van der Waals surface area contributed by atoms with Crippen molar-refractivity contribution in [3.8, 4) is 5.75 Å². The van der Waals surface area contributed by atoms with Crippen molar-refractivity contribution in [3.05, 3.63) is 58.6 Å². The lowest BCUT2D eigenvalue weighted by atomic mass is 10.1. The number of piperazine rings is 1. The largest absolute Gasteiger partial charge is 0.507 e. The lowest BCUT2D eigenvalue weighted by Crippen LogP contribution is -2.50. The molecule has 3 rings (SSSR count). The van der Waals surface area contributed by atoms with Crippen LogP contribution in [0.4, 0.5) is 0 Å². The molecule has 1 heterocycles. The summed E-state index contributed by atoms with van der Waals surface area (Å²) >= 11 is 6.17. The van der Waals surface area contributed by atoms with E-state index >= 15 is 0 Å². The van der Waals surface area contributed by atoms with Gasteiger partial charge in [-0.2, -0.15) is 0 Å². The smallest absolute Gasteiger partial charge is 0.257 e. The summed E-state index contributed by atoms with van der Waals surface area (Å²) in [6.07, 6.45) is 0. The lowest BCUT2D eigenvalue weighted by Gasteiger charge is -2.35. The number of benzene rings is 2. The van der Waals surface area contributed by atoms with Crippen LogP contribution in [0, 0.1) is 0 Å². The van der Waals surface area contributed by atoms with Gasteiger partial charge < -0.3 is 14.9 Å². The van der Waals surface area contributed by atoms with Crippen molar-refractivity contribution in [2.75, 3.05) is 40.3 Å². The zero-order valence-electron chi connectivity index (χ0n) is 16.6. The Morgan fingerprint density at radius 2 is 1.47 bits per heavy atom. The number of sulfonamides is 1. The third-order valence-electron chi connectivity index (χ3n) is 4.94. The molecule has 30 heavy (non-hydrogen) atoms. The number of rotatable bonds is 4. The highest BCUT2D eigenvalue weighted by Gasteiger charge is 2.28. The molecule has 0 bridgehead atoms. The van der Waals surface area contributed by atoms with Crippen molar-refractivity contribution in [2.24, 2.45) is 0 Å². The number of hydrogen-bond acceptors (Lipinski definition) is 5. The van der Waals surface area contributed by atoms with Gasteiger partial charge in [-0.05, 0) is 30.3 Å². The fourth-order valence-corrected chi connectivity index (χ4v) is 4.27. The van der Waals surface area contributed by atoms with Gasteiger partial charge in [0.2, 0.25) is 10.0 Å². The van der Waals surface area contributed by atoms with E-state index in [4.69, 9.17) is 11.6 Å². The number of aromatic hydroxyl groups is 1. The molecule has 1 saturated heterocycles. The quantitative estimate of drug-likeness (QED) is 0.765. The first-order valence-corrected chi connectivity index (χ1v) is 11.0. The number of para-hydroxylation sites is 1. The minimum atomic E-state index is -3.71. The van der Waals surface area contributed by atoms with Gasteiger partial charge in [0.15, 0.2) is 0 Å². The molecule has 0 saturated carbocycles. The molecule has 0 aliphatic carbocycles. The Morgan fingerprint density at radius 1 is 0.933 bits per heavy atom. The Hall–Kier alpha value is -2.62. The van der Waals surface area contributed by atoms with E-state index in [0.29, 0.717) is 0 Å². The molecule has 10 heteroatoms. The van der Waals surface area contributed by atoms with Crippen LogP contribution in [0.1, 0.15) is 20.7 Å². The Bertz CT molecular complexity index is 1080. The van der Waals surface area contributed by atoms with Crippen LogP contribution in [0.3, 0.4) is 0 Å². The molecule has 0 radical (unpaired) electrons. The number of halogens is 1. The van der Waals surface area contributed by atoms with Crippen LogP contribution in [0.15, 0.2) is 47.4 Å². The van der Waals surface area contributed by atoms with Crippen LogP contribution in [0.25, 0.3) is 0 Å². The van der Waals surface area contributed by atoms with E-state index in [0.717, 1.165) is 4.31 Å². The Kier molecular flexibility index (Phi) is 6.35. The molecule has 1 aliphatic heterocycles. The normalized spacial score (nSPS) is 14.8. The standard InChI is InChI=1S/C20H22ClN3O5S/c1-22(2)30(28,29)14-7-8-17(21)16(13-14)20(27)24-11-9-23(10-12-24)19(26)15-5-3-4-6-18(15)25/h3-8,13,25H,9-12H2,1-2H3. The predicted molar refractivity (Wildman–Crippen MR) is 112 cm³/mol. The molecule has 0 atom stereocenters. The summed E-state index contributed by atoms with van der Waals surface area (Å²) in [5, 5.41) is 10.0. The number of amides is 2. The van der Waals surface area contributed by atoms with Crippen LogP contribution in [0.2, 0.25) is 5.02 Å². The number of carbonyl (C=O) groups is 2. The first-order valence-electron chi connectivity index (χ1n) is 9.21. The van der Waals surface area contributed by atoms with Gasteiger partial charge in [0, 0.05) is 40.3 Å². The molecule has 2 aromatic carbocycles. The van der Waals surface area contributed by atoms with E-state index in [1.165, 1.54) is 43.3 Å². The maximum absolute atomic E-state index is 13.0. The summed E-state index contributed by atoms with van der Waals surface area (Å²) in [7, 11) is -0.890. The molecule has 0 unspecified atom stereocenters. The van der Waals surface area contributed by atoms with Crippen molar-refractivity contribution in [1.29, 1.82) is 0 Å². The monoisotopic (exact) mass is 451 g/mol. The average Bonchev–Trinajstić information content (AvgIpc) is 2.73. The van der Waals surface area contributed by atoms with Crippen LogP contribution in [-0.4, -0.2) is 79.7 Å². The van der Waals surface area contributed by atoms with Gasteiger partial charge >= 0.3 is 0 Å². The second-order valence-corrected chi connectivity index (χ2v) is 9.59. The molecular formula is C20H22ClN3O5S. The van der Waals surface area contributed by atoms with Crippen LogP contribution in [-0.2, 0) is 10.0 Å². The second-order valence-electron chi connectivity index (χ2n) is 7.03. The van der Waals surface area contributed by atoms with E-state index in [-0.39, 0.29) is 58.9 Å². The number of phenols is 1. The van der Waals surface area contributed by atoms with Gasteiger partial charge in [0.25, 0.3) is 11.8 Å². The number of phenolic OH excluding ortho intramolecular Hbond substituents is 1. The minimum absolute atomic E-state index is 0.0198. The van der Waals surface area contributed by atoms with Crippen molar-refractivity contribution in [2.45, 2.75) is 4.90 Å². The third-order valence-corrected chi connectivity index (χ3v) is 7.08. The fraction of sp³-hybridized carbons (Fsp3) is 0.300. The van der Waals surface area contributed by atoms with Crippen molar-refractivity contribution >= 4 is 33.4 Å². The Morgan fingerprint density at radius 3 is 2.00 bits per heavy atom. The summed E-state index contributed by atoms with van der Waals surface area (Å²) in [4.78, 5) is 28.6. The predicted octanol–water partition coefficient (Wildman–Crippen LogP) is 1.89.